The van der Waals surface area contributed by atoms with Gasteiger partial charge in [0.2, 0.25) is 0 Å². The van der Waals surface area contributed by atoms with Crippen LogP contribution in [0.5, 0.6) is 0 Å². The van der Waals surface area contributed by atoms with E-state index < -0.39 is 0 Å². The van der Waals surface area contributed by atoms with Crippen molar-refractivity contribution in [2.75, 3.05) is 0 Å². The van der Waals surface area contributed by atoms with Crippen molar-refractivity contribution in [2.24, 2.45) is 11.7 Å². The molecule has 3 heteroatoms. The van der Waals surface area contributed by atoms with Crippen molar-refractivity contribution in [1.82, 2.24) is 0 Å². The van der Waals surface area contributed by atoms with Crippen LogP contribution in [0.1, 0.15) is 44.7 Å². The van der Waals surface area contributed by atoms with E-state index in [1.54, 1.807) is 0 Å². The summed E-state index contributed by atoms with van der Waals surface area (Å²) in [6.45, 7) is 4.41. The first kappa shape index (κ1) is 13.8. The number of hydrogen-bond donors (Lipinski definition) is 1. The van der Waals surface area contributed by atoms with Crippen molar-refractivity contribution >= 4 is 23.2 Å². The van der Waals surface area contributed by atoms with Gasteiger partial charge in [-0.2, -0.15) is 0 Å². The summed E-state index contributed by atoms with van der Waals surface area (Å²) in [6, 6.07) is 5.70. The third-order valence-electron chi connectivity index (χ3n) is 3.11. The Morgan fingerprint density at radius 1 is 1.12 bits per heavy atom. The first-order valence-electron chi connectivity index (χ1n) is 5.79. The van der Waals surface area contributed by atoms with Crippen molar-refractivity contribution in [3.8, 4) is 0 Å². The summed E-state index contributed by atoms with van der Waals surface area (Å²) < 4.78 is 0. The lowest BCUT2D eigenvalue weighted by Gasteiger charge is -2.18. The molecule has 0 bridgehead atoms. The van der Waals surface area contributed by atoms with Crippen LogP contribution in [0.4, 0.5) is 0 Å². The minimum atomic E-state index is 0.0552. The maximum atomic E-state index is 6.16. The molecular weight excluding hydrogens is 241 g/mol. The van der Waals surface area contributed by atoms with Crippen LogP contribution in [-0.2, 0) is 0 Å². The lowest BCUT2D eigenvalue weighted by Crippen LogP contribution is -2.14. The Bertz CT molecular complexity index is 335. The van der Waals surface area contributed by atoms with Crippen LogP contribution in [0.25, 0.3) is 0 Å². The molecule has 0 aliphatic rings. The molecule has 1 aromatic carbocycles. The fourth-order valence-corrected chi connectivity index (χ4v) is 2.17. The van der Waals surface area contributed by atoms with Crippen LogP contribution in [-0.4, -0.2) is 0 Å². The SMILES string of the molecule is CCC(CC)CC(N)c1ccc(Cl)c(Cl)c1. The Labute approximate surface area is 108 Å². The molecule has 0 aliphatic carbocycles. The molecule has 2 N–H and O–H groups in total. The minimum Gasteiger partial charge on any atom is -0.324 e. The highest BCUT2D eigenvalue weighted by Gasteiger charge is 2.13. The normalized spacial score (nSPS) is 13.1. The first-order valence-corrected chi connectivity index (χ1v) is 6.54. The summed E-state index contributed by atoms with van der Waals surface area (Å²) in [5, 5.41) is 1.17. The van der Waals surface area contributed by atoms with Gasteiger partial charge in [-0.1, -0.05) is 56.0 Å². The molecule has 0 saturated heterocycles. The average molecular weight is 260 g/mol. The van der Waals surface area contributed by atoms with Gasteiger partial charge in [0.05, 0.1) is 10.0 Å². The molecule has 0 radical (unpaired) electrons. The van der Waals surface area contributed by atoms with Crippen LogP contribution in [0.15, 0.2) is 18.2 Å². The third kappa shape index (κ3) is 3.65. The molecule has 1 atom stereocenters. The molecule has 0 aliphatic heterocycles. The Hall–Kier alpha value is -0.240. The quantitative estimate of drug-likeness (QED) is 0.807. The number of rotatable bonds is 5. The predicted octanol–water partition coefficient (Wildman–Crippen LogP) is 4.82. The molecule has 90 valence electrons. The Balaban J connectivity index is 2.72. The topological polar surface area (TPSA) is 26.0 Å². The van der Waals surface area contributed by atoms with Gasteiger partial charge in [-0.25, -0.2) is 0 Å². The van der Waals surface area contributed by atoms with Gasteiger partial charge in [0, 0.05) is 6.04 Å². The lowest BCUT2D eigenvalue weighted by atomic mass is 9.92. The summed E-state index contributed by atoms with van der Waals surface area (Å²) >= 11 is 11.8. The third-order valence-corrected chi connectivity index (χ3v) is 3.85. The van der Waals surface area contributed by atoms with Crippen LogP contribution in [0.3, 0.4) is 0 Å². The Morgan fingerprint density at radius 3 is 2.25 bits per heavy atom. The van der Waals surface area contributed by atoms with E-state index in [0.717, 1.165) is 12.0 Å². The van der Waals surface area contributed by atoms with Crippen molar-refractivity contribution in [2.45, 2.75) is 39.2 Å². The lowest BCUT2D eigenvalue weighted by molar-refractivity contribution is 0.414. The van der Waals surface area contributed by atoms with Gasteiger partial charge < -0.3 is 5.73 Å². The molecule has 0 aromatic heterocycles. The molecule has 1 aromatic rings. The highest BCUT2D eigenvalue weighted by atomic mass is 35.5. The maximum absolute atomic E-state index is 6.16. The smallest absolute Gasteiger partial charge is 0.0595 e. The van der Waals surface area contributed by atoms with Gasteiger partial charge in [-0.15, -0.1) is 0 Å². The fraction of sp³-hybridized carbons (Fsp3) is 0.538. The van der Waals surface area contributed by atoms with Gasteiger partial charge in [-0.3, -0.25) is 0 Å². The van der Waals surface area contributed by atoms with E-state index in [-0.39, 0.29) is 6.04 Å². The summed E-state index contributed by atoms with van der Waals surface area (Å²) in [5.74, 6) is 0.685. The molecule has 0 heterocycles. The first-order chi connectivity index (χ1) is 7.58. The van der Waals surface area contributed by atoms with E-state index in [1.165, 1.54) is 12.8 Å². The van der Waals surface area contributed by atoms with Gasteiger partial charge in [-0.05, 0) is 30.0 Å². The van der Waals surface area contributed by atoms with Crippen LogP contribution >= 0.6 is 23.2 Å². The zero-order valence-electron chi connectivity index (χ0n) is 9.84. The average Bonchev–Trinajstić information content (AvgIpc) is 2.29. The van der Waals surface area contributed by atoms with E-state index in [0.29, 0.717) is 16.0 Å². The van der Waals surface area contributed by atoms with E-state index in [4.69, 9.17) is 28.9 Å². The zero-order valence-corrected chi connectivity index (χ0v) is 11.4. The van der Waals surface area contributed by atoms with Crippen molar-refractivity contribution < 1.29 is 0 Å². The van der Waals surface area contributed by atoms with Crippen molar-refractivity contribution in [1.29, 1.82) is 0 Å². The largest absolute Gasteiger partial charge is 0.324 e. The van der Waals surface area contributed by atoms with Crippen LogP contribution < -0.4 is 5.73 Å². The molecule has 0 amide bonds. The molecule has 1 nitrogen and oxygen atoms in total. The number of benzene rings is 1. The Morgan fingerprint density at radius 2 is 1.75 bits per heavy atom. The minimum absolute atomic E-state index is 0.0552. The second-order valence-electron chi connectivity index (χ2n) is 4.20. The number of hydrogen-bond acceptors (Lipinski definition) is 1. The number of halogens is 2. The van der Waals surface area contributed by atoms with Gasteiger partial charge in [0.1, 0.15) is 0 Å². The summed E-state index contributed by atoms with van der Waals surface area (Å²) in [6.07, 6.45) is 3.35. The highest BCUT2D eigenvalue weighted by molar-refractivity contribution is 6.42. The van der Waals surface area contributed by atoms with E-state index >= 15 is 0 Å². The highest BCUT2D eigenvalue weighted by Crippen LogP contribution is 2.28. The summed E-state index contributed by atoms with van der Waals surface area (Å²) in [5.41, 5.74) is 7.23. The van der Waals surface area contributed by atoms with Crippen molar-refractivity contribution in [3.63, 3.8) is 0 Å². The molecule has 1 unspecified atom stereocenters. The second-order valence-corrected chi connectivity index (χ2v) is 5.01. The summed E-state index contributed by atoms with van der Waals surface area (Å²) in [7, 11) is 0. The molecule has 1 rings (SSSR count). The van der Waals surface area contributed by atoms with E-state index in [1.807, 2.05) is 18.2 Å². The van der Waals surface area contributed by atoms with Crippen LogP contribution in [0, 0.1) is 5.92 Å². The molecule has 0 spiro atoms. The van der Waals surface area contributed by atoms with Crippen molar-refractivity contribution in [3.05, 3.63) is 33.8 Å². The predicted molar refractivity (Wildman–Crippen MR) is 72.1 cm³/mol. The zero-order chi connectivity index (χ0) is 12.1. The van der Waals surface area contributed by atoms with Gasteiger partial charge in [0.25, 0.3) is 0 Å². The van der Waals surface area contributed by atoms with Crippen LogP contribution in [0.2, 0.25) is 10.0 Å². The maximum Gasteiger partial charge on any atom is 0.0595 e. The Kier molecular flexibility index (Phi) is 5.60. The molecule has 0 fully saturated rings. The standard InChI is InChI=1S/C13H19Cl2N/c1-3-9(4-2)7-13(16)10-5-6-11(14)12(15)8-10/h5-6,8-9,13H,3-4,7,16H2,1-2H3. The van der Waals surface area contributed by atoms with Gasteiger partial charge in [0.15, 0.2) is 0 Å². The van der Waals surface area contributed by atoms with E-state index in [2.05, 4.69) is 13.8 Å². The molecule has 16 heavy (non-hydrogen) atoms. The van der Waals surface area contributed by atoms with Gasteiger partial charge >= 0.3 is 0 Å². The summed E-state index contributed by atoms with van der Waals surface area (Å²) in [4.78, 5) is 0. The molecular formula is C13H19Cl2N. The monoisotopic (exact) mass is 259 g/mol. The number of nitrogens with two attached hydrogens (primary N) is 1. The second kappa shape index (κ2) is 6.48. The van der Waals surface area contributed by atoms with E-state index in [9.17, 15) is 0 Å². The molecule has 0 saturated carbocycles. The fourth-order valence-electron chi connectivity index (χ4n) is 1.86.